The number of amides is 1. The van der Waals surface area contributed by atoms with Gasteiger partial charge < -0.3 is 15.4 Å². The van der Waals surface area contributed by atoms with Crippen LogP contribution in [0.2, 0.25) is 0 Å². The molecule has 1 saturated heterocycles. The van der Waals surface area contributed by atoms with E-state index in [0.29, 0.717) is 19.7 Å². The van der Waals surface area contributed by atoms with Crippen LogP contribution in [0, 0.1) is 5.92 Å². The summed E-state index contributed by atoms with van der Waals surface area (Å²) in [5, 5.41) is 6.34. The number of carbonyl (C=O) groups excluding carboxylic acids is 1. The highest BCUT2D eigenvalue weighted by Crippen LogP contribution is 2.15. The Kier molecular flexibility index (Phi) is 10.5. The highest BCUT2D eigenvalue weighted by atomic mass is 35.5. The zero-order valence-corrected chi connectivity index (χ0v) is 15.3. The van der Waals surface area contributed by atoms with Crippen LogP contribution in [-0.2, 0) is 4.79 Å². The van der Waals surface area contributed by atoms with Crippen molar-refractivity contribution >= 4 is 18.3 Å². The van der Waals surface area contributed by atoms with E-state index in [1.54, 1.807) is 0 Å². The normalized spacial score (nSPS) is 15.5. The largest absolute Gasteiger partial charge is 0.492 e. The van der Waals surface area contributed by atoms with Gasteiger partial charge in [0.25, 0.3) is 0 Å². The summed E-state index contributed by atoms with van der Waals surface area (Å²) in [6, 6.07) is 9.66. The maximum atomic E-state index is 12.0. The fourth-order valence-corrected chi connectivity index (χ4v) is 2.83. The number of piperidine rings is 1. The Bertz CT molecular complexity index is 451. The molecule has 0 aliphatic carbocycles. The van der Waals surface area contributed by atoms with Gasteiger partial charge in [0, 0.05) is 0 Å². The van der Waals surface area contributed by atoms with Gasteiger partial charge in [-0.15, -0.1) is 12.4 Å². The molecule has 0 bridgehead atoms. The number of rotatable bonds is 9. The first-order valence-corrected chi connectivity index (χ1v) is 8.65. The third-order valence-electron chi connectivity index (χ3n) is 4.19. The van der Waals surface area contributed by atoms with Crippen LogP contribution in [0.3, 0.4) is 0 Å². The molecule has 1 heterocycles. The monoisotopic (exact) mass is 355 g/mol. The lowest BCUT2D eigenvalue weighted by molar-refractivity contribution is -0.122. The van der Waals surface area contributed by atoms with Gasteiger partial charge in [-0.05, 0) is 57.1 Å². The van der Waals surface area contributed by atoms with Gasteiger partial charge in [0.1, 0.15) is 12.4 Å². The number of carbonyl (C=O) groups is 1. The Morgan fingerprint density at radius 1 is 1.25 bits per heavy atom. The van der Waals surface area contributed by atoms with Crippen molar-refractivity contribution in [2.75, 3.05) is 45.9 Å². The van der Waals surface area contributed by atoms with Crippen LogP contribution in [0.5, 0.6) is 5.75 Å². The first-order chi connectivity index (χ1) is 11.3. The second-order valence-corrected chi connectivity index (χ2v) is 6.04. The number of halogens is 1. The lowest BCUT2D eigenvalue weighted by atomic mass is 9.97. The van der Waals surface area contributed by atoms with Crippen molar-refractivity contribution in [3.05, 3.63) is 30.3 Å². The molecule has 6 heteroatoms. The lowest BCUT2D eigenvalue weighted by Gasteiger charge is -2.31. The van der Waals surface area contributed by atoms with Gasteiger partial charge in [0.05, 0.1) is 13.1 Å². The topological polar surface area (TPSA) is 53.6 Å². The summed E-state index contributed by atoms with van der Waals surface area (Å²) in [6.45, 7) is 7.86. The summed E-state index contributed by atoms with van der Waals surface area (Å²) in [4.78, 5) is 14.2. The molecule has 136 valence electrons. The Morgan fingerprint density at radius 2 is 1.96 bits per heavy atom. The highest BCUT2D eigenvalue weighted by molar-refractivity contribution is 5.85. The van der Waals surface area contributed by atoms with Gasteiger partial charge in [0.15, 0.2) is 0 Å². The van der Waals surface area contributed by atoms with Crippen LogP contribution in [0.4, 0.5) is 0 Å². The average molecular weight is 356 g/mol. The maximum absolute atomic E-state index is 12.0. The number of nitrogens with zero attached hydrogens (tertiary/aromatic N) is 1. The molecule has 0 atom stereocenters. The van der Waals surface area contributed by atoms with E-state index in [4.69, 9.17) is 4.74 Å². The van der Waals surface area contributed by atoms with E-state index in [0.717, 1.165) is 37.8 Å². The van der Waals surface area contributed by atoms with Gasteiger partial charge >= 0.3 is 0 Å². The van der Waals surface area contributed by atoms with Crippen LogP contribution in [0.25, 0.3) is 0 Å². The molecule has 1 aromatic rings. The summed E-state index contributed by atoms with van der Waals surface area (Å²) in [5.74, 6) is 1.69. The molecule has 0 radical (unpaired) electrons. The van der Waals surface area contributed by atoms with E-state index in [-0.39, 0.29) is 18.3 Å². The number of hydrogen-bond donors (Lipinski definition) is 2. The smallest absolute Gasteiger partial charge is 0.234 e. The molecule has 1 aliphatic heterocycles. The number of nitrogens with one attached hydrogen (secondary N) is 2. The van der Waals surface area contributed by atoms with E-state index in [1.807, 2.05) is 30.3 Å². The number of benzene rings is 1. The molecule has 0 saturated carbocycles. The second-order valence-electron chi connectivity index (χ2n) is 6.04. The predicted molar refractivity (Wildman–Crippen MR) is 99.9 cm³/mol. The molecule has 2 N–H and O–H groups in total. The number of likely N-dealkylation sites (tertiary alicyclic amines) is 1. The minimum absolute atomic E-state index is 0. The minimum Gasteiger partial charge on any atom is -0.492 e. The Labute approximate surface area is 151 Å². The molecule has 0 aromatic heterocycles. The van der Waals surface area contributed by atoms with Gasteiger partial charge in [-0.25, -0.2) is 0 Å². The summed E-state index contributed by atoms with van der Waals surface area (Å²) >= 11 is 0. The Morgan fingerprint density at radius 3 is 2.62 bits per heavy atom. The summed E-state index contributed by atoms with van der Waals surface area (Å²) in [6.07, 6.45) is 2.36. The summed E-state index contributed by atoms with van der Waals surface area (Å²) in [7, 11) is 0. The van der Waals surface area contributed by atoms with Crippen molar-refractivity contribution in [1.29, 1.82) is 0 Å². The third-order valence-corrected chi connectivity index (χ3v) is 4.19. The molecular formula is C18H30ClN3O2. The van der Waals surface area contributed by atoms with E-state index < -0.39 is 0 Å². The molecular weight excluding hydrogens is 326 g/mol. The fraction of sp³-hybridized carbons (Fsp3) is 0.611. The molecule has 5 nitrogen and oxygen atoms in total. The number of para-hydroxylation sites is 1. The Balaban J connectivity index is 0.00000288. The van der Waals surface area contributed by atoms with Crippen molar-refractivity contribution in [1.82, 2.24) is 15.5 Å². The summed E-state index contributed by atoms with van der Waals surface area (Å²) in [5.41, 5.74) is 0. The molecule has 0 spiro atoms. The van der Waals surface area contributed by atoms with Crippen molar-refractivity contribution < 1.29 is 9.53 Å². The fourth-order valence-electron chi connectivity index (χ4n) is 2.83. The zero-order valence-electron chi connectivity index (χ0n) is 14.5. The van der Waals surface area contributed by atoms with Crippen molar-refractivity contribution in [2.45, 2.75) is 19.8 Å². The van der Waals surface area contributed by atoms with E-state index in [1.165, 1.54) is 12.8 Å². The van der Waals surface area contributed by atoms with Crippen molar-refractivity contribution in [2.24, 2.45) is 5.92 Å². The van der Waals surface area contributed by atoms with E-state index in [2.05, 4.69) is 22.5 Å². The zero-order chi connectivity index (χ0) is 16.3. The number of hydrogen-bond acceptors (Lipinski definition) is 4. The van der Waals surface area contributed by atoms with Gasteiger partial charge in [-0.1, -0.05) is 25.1 Å². The number of ether oxygens (including phenoxy) is 1. The van der Waals surface area contributed by atoms with Crippen LogP contribution < -0.4 is 15.4 Å². The van der Waals surface area contributed by atoms with Crippen molar-refractivity contribution in [3.8, 4) is 5.75 Å². The molecule has 1 fully saturated rings. The minimum atomic E-state index is 0. The SMILES string of the molecule is CCNCC1CCN(CC(=O)NCCOc2ccccc2)CC1.Cl. The first kappa shape index (κ1) is 20.7. The maximum Gasteiger partial charge on any atom is 0.234 e. The quantitative estimate of drug-likeness (QED) is 0.664. The molecule has 2 rings (SSSR count). The van der Waals surface area contributed by atoms with Gasteiger partial charge in [-0.2, -0.15) is 0 Å². The third kappa shape index (κ3) is 7.99. The van der Waals surface area contributed by atoms with Crippen LogP contribution >= 0.6 is 12.4 Å². The molecule has 1 amide bonds. The van der Waals surface area contributed by atoms with E-state index in [9.17, 15) is 4.79 Å². The standard InChI is InChI=1S/C18H29N3O2.ClH/c1-2-19-14-16-8-11-21(12-9-16)15-18(22)20-10-13-23-17-6-4-3-5-7-17;/h3-7,16,19H,2,8-15H2,1H3,(H,20,22);1H. The molecule has 1 aliphatic rings. The Hall–Kier alpha value is -1.30. The molecule has 1 aromatic carbocycles. The van der Waals surface area contributed by atoms with Gasteiger partial charge in [-0.3, -0.25) is 9.69 Å². The van der Waals surface area contributed by atoms with Gasteiger partial charge in [0.2, 0.25) is 5.91 Å². The van der Waals surface area contributed by atoms with Crippen LogP contribution in [-0.4, -0.2) is 56.7 Å². The predicted octanol–water partition coefficient (Wildman–Crippen LogP) is 1.92. The van der Waals surface area contributed by atoms with E-state index >= 15 is 0 Å². The summed E-state index contributed by atoms with van der Waals surface area (Å²) < 4.78 is 5.56. The lowest BCUT2D eigenvalue weighted by Crippen LogP contribution is -2.43. The molecule has 24 heavy (non-hydrogen) atoms. The molecule has 0 unspecified atom stereocenters. The first-order valence-electron chi connectivity index (χ1n) is 8.65. The van der Waals surface area contributed by atoms with Crippen LogP contribution in [0.15, 0.2) is 30.3 Å². The van der Waals surface area contributed by atoms with Crippen molar-refractivity contribution in [3.63, 3.8) is 0 Å². The average Bonchev–Trinajstić information content (AvgIpc) is 2.59. The highest BCUT2D eigenvalue weighted by Gasteiger charge is 2.20. The second kappa shape index (κ2) is 12.1. The van der Waals surface area contributed by atoms with Crippen LogP contribution in [0.1, 0.15) is 19.8 Å².